The summed E-state index contributed by atoms with van der Waals surface area (Å²) in [6, 6.07) is 6.25. The highest BCUT2D eigenvalue weighted by Gasteiger charge is 2.21. The van der Waals surface area contributed by atoms with Gasteiger partial charge in [0.2, 0.25) is 0 Å². The van der Waals surface area contributed by atoms with Crippen LogP contribution in [0.25, 0.3) is 0 Å². The van der Waals surface area contributed by atoms with Gasteiger partial charge in [-0.3, -0.25) is 4.90 Å². The van der Waals surface area contributed by atoms with E-state index in [9.17, 15) is 5.11 Å². The van der Waals surface area contributed by atoms with Crippen molar-refractivity contribution in [2.75, 3.05) is 6.54 Å². The Morgan fingerprint density at radius 1 is 1.41 bits per heavy atom. The molecular formula is C14H20ClNO. The maximum absolute atomic E-state index is 9.93. The summed E-state index contributed by atoms with van der Waals surface area (Å²) < 4.78 is 0. The molecule has 3 heteroatoms. The van der Waals surface area contributed by atoms with E-state index in [0.717, 1.165) is 18.7 Å². The van der Waals surface area contributed by atoms with Crippen molar-refractivity contribution in [3.05, 3.63) is 28.8 Å². The predicted molar refractivity (Wildman–Crippen MR) is 71.5 cm³/mol. The lowest BCUT2D eigenvalue weighted by atomic mass is 9.99. The summed E-state index contributed by atoms with van der Waals surface area (Å²) in [6.45, 7) is 4.18. The maximum Gasteiger partial charge on any atom is 0.138 e. The van der Waals surface area contributed by atoms with Crippen molar-refractivity contribution in [2.45, 2.75) is 45.2 Å². The lowest BCUT2D eigenvalue weighted by Gasteiger charge is -2.35. The summed E-state index contributed by atoms with van der Waals surface area (Å²) >= 11 is 5.93. The van der Waals surface area contributed by atoms with Gasteiger partial charge in [0.15, 0.2) is 0 Å². The Kier molecular flexibility index (Phi) is 4.30. The van der Waals surface area contributed by atoms with Crippen LogP contribution in [-0.4, -0.2) is 22.6 Å². The number of halogens is 1. The number of rotatable bonds is 3. The van der Waals surface area contributed by atoms with Gasteiger partial charge in [-0.1, -0.05) is 37.1 Å². The molecule has 1 aliphatic heterocycles. The Bertz CT molecular complexity index is 380. The number of hydrogen-bond acceptors (Lipinski definition) is 2. The van der Waals surface area contributed by atoms with Crippen LogP contribution in [0, 0.1) is 0 Å². The fraction of sp³-hybridized carbons (Fsp3) is 0.571. The zero-order valence-corrected chi connectivity index (χ0v) is 11.1. The van der Waals surface area contributed by atoms with Crippen LogP contribution in [0.5, 0.6) is 5.75 Å². The molecule has 0 spiro atoms. The van der Waals surface area contributed by atoms with Crippen molar-refractivity contribution in [2.24, 2.45) is 0 Å². The van der Waals surface area contributed by atoms with E-state index in [0.29, 0.717) is 11.1 Å². The molecular weight excluding hydrogens is 234 g/mol. The maximum atomic E-state index is 9.93. The number of piperidine rings is 1. The Morgan fingerprint density at radius 3 is 3.00 bits per heavy atom. The first-order valence-corrected chi connectivity index (χ1v) is 6.80. The van der Waals surface area contributed by atoms with Gasteiger partial charge in [0.1, 0.15) is 5.75 Å². The molecule has 1 heterocycles. The topological polar surface area (TPSA) is 23.5 Å². The van der Waals surface area contributed by atoms with E-state index in [1.54, 1.807) is 6.07 Å². The molecule has 1 N–H and O–H groups in total. The van der Waals surface area contributed by atoms with Crippen LogP contribution in [0.4, 0.5) is 0 Å². The van der Waals surface area contributed by atoms with Crippen molar-refractivity contribution < 1.29 is 5.11 Å². The summed E-state index contributed by atoms with van der Waals surface area (Å²) in [5.41, 5.74) is 0.942. The number of hydrogen-bond donors (Lipinski definition) is 1. The monoisotopic (exact) mass is 253 g/mol. The fourth-order valence-corrected chi connectivity index (χ4v) is 2.83. The molecule has 0 amide bonds. The van der Waals surface area contributed by atoms with Gasteiger partial charge in [0.05, 0.1) is 5.02 Å². The molecule has 0 aliphatic carbocycles. The third-order valence-corrected chi connectivity index (χ3v) is 3.97. The zero-order chi connectivity index (χ0) is 12.3. The van der Waals surface area contributed by atoms with E-state index >= 15 is 0 Å². The van der Waals surface area contributed by atoms with Crippen LogP contribution < -0.4 is 0 Å². The fourth-order valence-electron chi connectivity index (χ4n) is 2.64. The average molecular weight is 254 g/mol. The van der Waals surface area contributed by atoms with Crippen LogP contribution in [0.2, 0.25) is 5.02 Å². The number of likely N-dealkylation sites (tertiary alicyclic amines) is 1. The van der Waals surface area contributed by atoms with Crippen molar-refractivity contribution in [3.63, 3.8) is 0 Å². The van der Waals surface area contributed by atoms with Gasteiger partial charge in [0.25, 0.3) is 0 Å². The van der Waals surface area contributed by atoms with Crippen LogP contribution in [0.1, 0.15) is 38.2 Å². The first kappa shape index (κ1) is 12.7. The molecule has 94 valence electrons. The van der Waals surface area contributed by atoms with Gasteiger partial charge in [-0.2, -0.15) is 0 Å². The Hall–Kier alpha value is -0.730. The molecule has 0 radical (unpaired) electrons. The van der Waals surface area contributed by atoms with Crippen molar-refractivity contribution >= 4 is 11.6 Å². The van der Waals surface area contributed by atoms with Gasteiger partial charge in [-0.15, -0.1) is 0 Å². The Balaban J connectivity index is 2.11. The molecule has 1 aliphatic rings. The molecule has 1 aromatic carbocycles. The number of benzene rings is 1. The first-order valence-electron chi connectivity index (χ1n) is 6.42. The number of aromatic hydroxyl groups is 1. The second kappa shape index (κ2) is 5.74. The smallest absolute Gasteiger partial charge is 0.138 e. The van der Waals surface area contributed by atoms with E-state index in [1.165, 1.54) is 25.7 Å². The normalized spacial score (nSPS) is 21.6. The number of para-hydroxylation sites is 1. The molecule has 1 saturated heterocycles. The van der Waals surface area contributed by atoms with E-state index in [2.05, 4.69) is 11.8 Å². The van der Waals surface area contributed by atoms with Crippen LogP contribution in [0.3, 0.4) is 0 Å². The second-order valence-corrected chi connectivity index (χ2v) is 5.18. The molecule has 2 rings (SSSR count). The first-order chi connectivity index (χ1) is 8.22. The van der Waals surface area contributed by atoms with E-state index < -0.39 is 0 Å². The van der Waals surface area contributed by atoms with E-state index in [1.807, 2.05) is 12.1 Å². The van der Waals surface area contributed by atoms with Crippen molar-refractivity contribution in [1.82, 2.24) is 4.90 Å². The van der Waals surface area contributed by atoms with E-state index in [4.69, 9.17) is 11.6 Å². The number of nitrogens with zero attached hydrogens (tertiary/aromatic N) is 1. The van der Waals surface area contributed by atoms with Crippen LogP contribution in [0.15, 0.2) is 18.2 Å². The highest BCUT2D eigenvalue weighted by molar-refractivity contribution is 6.32. The van der Waals surface area contributed by atoms with Gasteiger partial charge >= 0.3 is 0 Å². The lowest BCUT2D eigenvalue weighted by Crippen LogP contribution is -2.38. The molecule has 17 heavy (non-hydrogen) atoms. The van der Waals surface area contributed by atoms with Crippen LogP contribution >= 0.6 is 11.6 Å². The summed E-state index contributed by atoms with van der Waals surface area (Å²) in [6.07, 6.45) is 5.05. The van der Waals surface area contributed by atoms with E-state index in [-0.39, 0.29) is 5.75 Å². The summed E-state index contributed by atoms with van der Waals surface area (Å²) in [5, 5.41) is 10.4. The predicted octanol–water partition coefficient (Wildman–Crippen LogP) is 3.81. The summed E-state index contributed by atoms with van der Waals surface area (Å²) in [5.74, 6) is 0.245. The second-order valence-electron chi connectivity index (χ2n) is 4.78. The molecule has 1 fully saturated rings. The molecule has 1 aromatic rings. The number of phenolic OH excluding ortho intramolecular Hbond substituents is 1. The summed E-state index contributed by atoms with van der Waals surface area (Å²) in [4.78, 5) is 2.47. The van der Waals surface area contributed by atoms with Gasteiger partial charge in [-0.25, -0.2) is 0 Å². The molecule has 1 atom stereocenters. The lowest BCUT2D eigenvalue weighted by molar-refractivity contribution is 0.135. The van der Waals surface area contributed by atoms with Gasteiger partial charge in [-0.05, 0) is 31.9 Å². The minimum Gasteiger partial charge on any atom is -0.506 e. The average Bonchev–Trinajstić information content (AvgIpc) is 2.35. The summed E-state index contributed by atoms with van der Waals surface area (Å²) in [7, 11) is 0. The standard InChI is InChI=1S/C14H20ClNO/c1-2-12-7-3-4-9-16(12)10-11-6-5-8-13(15)14(11)17/h5-6,8,12,17H,2-4,7,9-10H2,1H3. The largest absolute Gasteiger partial charge is 0.506 e. The van der Waals surface area contributed by atoms with Gasteiger partial charge < -0.3 is 5.11 Å². The minimum absolute atomic E-state index is 0.245. The number of phenols is 1. The zero-order valence-electron chi connectivity index (χ0n) is 10.3. The Labute approximate surface area is 108 Å². The quantitative estimate of drug-likeness (QED) is 0.886. The SMILES string of the molecule is CCC1CCCCN1Cc1cccc(Cl)c1O. The highest BCUT2D eigenvalue weighted by atomic mass is 35.5. The molecule has 0 saturated carbocycles. The van der Waals surface area contributed by atoms with Gasteiger partial charge in [0, 0.05) is 18.2 Å². The van der Waals surface area contributed by atoms with Crippen molar-refractivity contribution in [1.29, 1.82) is 0 Å². The molecule has 0 aromatic heterocycles. The molecule has 0 bridgehead atoms. The molecule has 2 nitrogen and oxygen atoms in total. The Morgan fingerprint density at radius 2 is 2.24 bits per heavy atom. The van der Waals surface area contributed by atoms with Crippen LogP contribution in [-0.2, 0) is 6.54 Å². The minimum atomic E-state index is 0.245. The molecule has 1 unspecified atom stereocenters. The third kappa shape index (κ3) is 2.93. The van der Waals surface area contributed by atoms with Crippen molar-refractivity contribution in [3.8, 4) is 5.75 Å². The third-order valence-electron chi connectivity index (χ3n) is 3.66. The highest BCUT2D eigenvalue weighted by Crippen LogP contribution is 2.30.